The van der Waals surface area contributed by atoms with Crippen LogP contribution in [0, 0.1) is 0 Å². The van der Waals surface area contributed by atoms with Crippen molar-refractivity contribution in [2.24, 2.45) is 0 Å². The third-order valence-electron chi connectivity index (χ3n) is 7.52. The minimum Gasteiger partial charge on any atom is -0.450 e. The van der Waals surface area contributed by atoms with Crippen molar-refractivity contribution in [3.63, 3.8) is 0 Å². The van der Waals surface area contributed by atoms with Crippen LogP contribution in [0.4, 0.5) is 16.4 Å². The van der Waals surface area contributed by atoms with Gasteiger partial charge in [-0.25, -0.2) is 9.31 Å². The molecule has 0 saturated carbocycles. The van der Waals surface area contributed by atoms with E-state index in [1.54, 1.807) is 9.42 Å². The molecular formula is C28H33N7O4. The van der Waals surface area contributed by atoms with Crippen molar-refractivity contribution in [1.82, 2.24) is 29.3 Å². The van der Waals surface area contributed by atoms with Crippen molar-refractivity contribution in [3.8, 4) is 0 Å². The molecule has 2 amide bonds. The Bertz CT molecular complexity index is 1410. The lowest BCUT2D eigenvalue weighted by atomic mass is 9.91. The van der Waals surface area contributed by atoms with E-state index in [0.717, 1.165) is 35.6 Å². The zero-order valence-corrected chi connectivity index (χ0v) is 22.3. The number of likely N-dealkylation sites (tertiary alicyclic amines) is 1. The highest BCUT2D eigenvalue weighted by Crippen LogP contribution is 2.30. The van der Waals surface area contributed by atoms with Crippen LogP contribution in [-0.4, -0.2) is 106 Å². The molecule has 2 aromatic heterocycles. The average molecular weight is 532 g/mol. The second-order valence-electron chi connectivity index (χ2n) is 10.4. The molecule has 3 aromatic rings. The second-order valence-corrected chi connectivity index (χ2v) is 10.4. The summed E-state index contributed by atoms with van der Waals surface area (Å²) in [5, 5.41) is 7.84. The van der Waals surface area contributed by atoms with E-state index in [1.165, 1.54) is 0 Å². The van der Waals surface area contributed by atoms with Crippen molar-refractivity contribution < 1.29 is 19.1 Å². The van der Waals surface area contributed by atoms with Crippen molar-refractivity contribution in [2.45, 2.75) is 18.9 Å². The van der Waals surface area contributed by atoms with Crippen LogP contribution in [-0.2, 0) is 9.47 Å². The molecule has 5 heterocycles. The summed E-state index contributed by atoms with van der Waals surface area (Å²) in [7, 11) is 2.09. The molecule has 1 N–H and O–H groups in total. The van der Waals surface area contributed by atoms with E-state index >= 15 is 0 Å². The number of ether oxygens (including phenoxy) is 2. The van der Waals surface area contributed by atoms with Gasteiger partial charge in [0.05, 0.1) is 26.3 Å². The number of pyridine rings is 1. The fourth-order valence-corrected chi connectivity index (χ4v) is 5.53. The largest absolute Gasteiger partial charge is 0.450 e. The van der Waals surface area contributed by atoms with Crippen molar-refractivity contribution >= 4 is 34.9 Å². The maximum Gasteiger partial charge on any atom is 0.410 e. The van der Waals surface area contributed by atoms with Crippen LogP contribution in [0.3, 0.4) is 0 Å². The van der Waals surface area contributed by atoms with Gasteiger partial charge >= 0.3 is 6.09 Å². The molecule has 3 aliphatic heterocycles. The molecule has 0 aliphatic carbocycles. The topological polar surface area (TPSA) is 105 Å². The highest BCUT2D eigenvalue weighted by molar-refractivity contribution is 5.95. The number of rotatable bonds is 5. The fourth-order valence-electron chi connectivity index (χ4n) is 5.53. The predicted octanol–water partition coefficient (Wildman–Crippen LogP) is 2.88. The third-order valence-corrected chi connectivity index (χ3v) is 7.52. The summed E-state index contributed by atoms with van der Waals surface area (Å²) in [6.07, 6.45) is 4.34. The van der Waals surface area contributed by atoms with Crippen LogP contribution < -0.4 is 5.32 Å². The van der Waals surface area contributed by atoms with Gasteiger partial charge in [-0.15, -0.1) is 5.10 Å². The standard InChI is InChI=1S/C28H33N7O4/c1-3-38-27(37)33-13-10-20(11-14-33)23-5-4-12-35-24(23)30-26(31-35)29-22-8-6-21(7-9-22)25(36)34-18-28(19-34)17-32(2)15-16-39-28/h4-10,12H,3,11,13-19H2,1-2H3,(H,29,31). The average Bonchev–Trinajstić information content (AvgIpc) is 3.34. The van der Waals surface area contributed by atoms with Crippen molar-refractivity contribution in [1.29, 1.82) is 0 Å². The number of anilines is 2. The summed E-state index contributed by atoms with van der Waals surface area (Å²) in [4.78, 5) is 35.5. The Labute approximate surface area is 227 Å². The smallest absolute Gasteiger partial charge is 0.410 e. The van der Waals surface area contributed by atoms with Gasteiger partial charge in [-0.1, -0.05) is 6.08 Å². The molecule has 0 atom stereocenters. The van der Waals surface area contributed by atoms with Crippen LogP contribution in [0.25, 0.3) is 11.2 Å². The Morgan fingerprint density at radius 2 is 1.92 bits per heavy atom. The summed E-state index contributed by atoms with van der Waals surface area (Å²) in [6.45, 7) is 7.03. The summed E-state index contributed by atoms with van der Waals surface area (Å²) >= 11 is 0. The van der Waals surface area contributed by atoms with Crippen molar-refractivity contribution in [2.75, 3.05) is 64.8 Å². The molecule has 0 radical (unpaired) electrons. The van der Waals surface area contributed by atoms with Crippen molar-refractivity contribution in [3.05, 3.63) is 59.8 Å². The first-order valence-corrected chi connectivity index (χ1v) is 13.4. The number of likely N-dealkylation sites (N-methyl/N-ethyl adjacent to an activating group) is 1. The lowest BCUT2D eigenvalue weighted by Gasteiger charge is -2.53. The molecule has 11 nitrogen and oxygen atoms in total. The first-order valence-electron chi connectivity index (χ1n) is 13.4. The molecule has 2 fully saturated rings. The quantitative estimate of drug-likeness (QED) is 0.536. The predicted molar refractivity (Wildman–Crippen MR) is 146 cm³/mol. The maximum atomic E-state index is 13.0. The minimum atomic E-state index is -0.285. The first-order chi connectivity index (χ1) is 18.9. The van der Waals surface area contributed by atoms with Gasteiger partial charge in [-0.2, -0.15) is 4.98 Å². The summed E-state index contributed by atoms with van der Waals surface area (Å²) in [5.41, 5.74) is 4.08. The number of fused-ring (bicyclic) bond motifs is 1. The SMILES string of the molecule is CCOC(=O)N1CC=C(c2cccn3nc(Nc4ccc(C(=O)N5CC6(CN(C)CCO6)C5)cc4)nc23)CC1. The number of carbonyl (C=O) groups is 2. The summed E-state index contributed by atoms with van der Waals surface area (Å²) in [5.74, 6) is 0.483. The van der Waals surface area contributed by atoms with E-state index in [0.29, 0.717) is 57.3 Å². The number of carbonyl (C=O) groups excluding carboxylic acids is 2. The number of morpholine rings is 1. The van der Waals surface area contributed by atoms with Gasteiger partial charge < -0.3 is 29.5 Å². The zero-order valence-electron chi connectivity index (χ0n) is 22.3. The molecule has 39 heavy (non-hydrogen) atoms. The van der Waals surface area contributed by atoms with E-state index in [4.69, 9.17) is 14.5 Å². The lowest BCUT2D eigenvalue weighted by molar-refractivity contribution is -0.167. The minimum absolute atomic E-state index is 0.0155. The van der Waals surface area contributed by atoms with Crippen LogP contribution in [0.15, 0.2) is 48.7 Å². The number of aromatic nitrogens is 3. The first kappa shape index (κ1) is 25.3. The number of nitrogens with zero attached hydrogens (tertiary/aromatic N) is 6. The van der Waals surface area contributed by atoms with Gasteiger partial charge in [0.2, 0.25) is 5.95 Å². The molecule has 2 saturated heterocycles. The molecular weight excluding hydrogens is 498 g/mol. The fraction of sp³-hybridized carbons (Fsp3) is 0.429. The highest BCUT2D eigenvalue weighted by Gasteiger charge is 2.48. The van der Waals surface area contributed by atoms with E-state index in [1.807, 2.05) is 60.5 Å². The number of hydrogen-bond donors (Lipinski definition) is 1. The van der Waals surface area contributed by atoms with Gasteiger partial charge in [-0.05, 0) is 62.4 Å². The van der Waals surface area contributed by atoms with Gasteiger partial charge in [0.25, 0.3) is 5.91 Å². The monoisotopic (exact) mass is 531 g/mol. The number of benzene rings is 1. The Hall–Kier alpha value is -3.96. The van der Waals surface area contributed by atoms with Gasteiger partial charge in [0.1, 0.15) is 5.60 Å². The number of hydrogen-bond acceptors (Lipinski definition) is 8. The Balaban J connectivity index is 1.11. The second kappa shape index (κ2) is 10.3. The van der Waals surface area contributed by atoms with Gasteiger partial charge in [0.15, 0.2) is 5.65 Å². The number of nitrogens with one attached hydrogen (secondary N) is 1. The lowest BCUT2D eigenvalue weighted by Crippen LogP contribution is -2.70. The molecule has 0 bridgehead atoms. The Morgan fingerprint density at radius 1 is 1.10 bits per heavy atom. The molecule has 11 heteroatoms. The Kier molecular flexibility index (Phi) is 6.69. The maximum absolute atomic E-state index is 13.0. The van der Waals surface area contributed by atoms with Gasteiger partial charge in [0, 0.05) is 49.2 Å². The normalized spacial score (nSPS) is 19.1. The van der Waals surface area contributed by atoms with E-state index in [9.17, 15) is 9.59 Å². The van der Waals surface area contributed by atoms with Crippen LogP contribution in [0.2, 0.25) is 0 Å². The third kappa shape index (κ3) is 5.07. The van der Waals surface area contributed by atoms with Crippen LogP contribution >= 0.6 is 0 Å². The summed E-state index contributed by atoms with van der Waals surface area (Å²) in [6, 6.07) is 11.4. The zero-order chi connectivity index (χ0) is 27.0. The van der Waals surface area contributed by atoms with E-state index in [2.05, 4.69) is 22.4 Å². The Morgan fingerprint density at radius 3 is 2.64 bits per heavy atom. The van der Waals surface area contributed by atoms with Crippen LogP contribution in [0.5, 0.6) is 0 Å². The molecule has 204 valence electrons. The summed E-state index contributed by atoms with van der Waals surface area (Å²) < 4.78 is 12.8. The molecule has 6 rings (SSSR count). The van der Waals surface area contributed by atoms with Crippen LogP contribution in [0.1, 0.15) is 29.3 Å². The van der Waals surface area contributed by atoms with E-state index in [-0.39, 0.29) is 17.6 Å². The molecule has 1 spiro atoms. The van der Waals surface area contributed by atoms with E-state index < -0.39 is 0 Å². The molecule has 3 aliphatic rings. The molecule has 0 unspecified atom stereocenters. The molecule has 1 aromatic carbocycles. The highest BCUT2D eigenvalue weighted by atomic mass is 16.6. The van der Waals surface area contributed by atoms with Gasteiger partial charge in [-0.3, -0.25) is 4.79 Å². The number of amides is 2.